The van der Waals surface area contributed by atoms with Crippen molar-refractivity contribution in [3.05, 3.63) is 103 Å². The second kappa shape index (κ2) is 19.4. The Kier molecular flexibility index (Phi) is 14.0. The third-order valence-corrected chi connectivity index (χ3v) is 14.9. The van der Waals surface area contributed by atoms with Crippen LogP contribution >= 0.6 is 0 Å². The topological polar surface area (TPSA) is 155 Å². The fourth-order valence-electron chi connectivity index (χ4n) is 9.08. The lowest BCUT2D eigenvalue weighted by molar-refractivity contribution is -0.121. The van der Waals surface area contributed by atoms with Gasteiger partial charge >= 0.3 is 0 Å². The summed E-state index contributed by atoms with van der Waals surface area (Å²) in [5.74, 6) is -0.742. The van der Waals surface area contributed by atoms with Crippen LogP contribution in [-0.4, -0.2) is 100 Å². The molecule has 0 spiro atoms. The summed E-state index contributed by atoms with van der Waals surface area (Å²) in [4.78, 5) is 43.7. The molecule has 1 N–H and O–H groups in total. The minimum atomic E-state index is -3.69. The van der Waals surface area contributed by atoms with Gasteiger partial charge < -0.3 is 24.4 Å². The van der Waals surface area contributed by atoms with E-state index in [9.17, 15) is 31.2 Å². The molecule has 0 bridgehead atoms. The Hall–Kier alpha value is -5.25. The van der Waals surface area contributed by atoms with Crippen LogP contribution in [0.4, 0.5) is 11.4 Å². The fraction of sp³-hybridized carbons (Fsp3) is 0.426. The van der Waals surface area contributed by atoms with Gasteiger partial charge in [-0.2, -0.15) is 4.31 Å². The number of fused-ring (bicyclic) bond motifs is 1. The zero-order valence-electron chi connectivity index (χ0n) is 35.5. The first-order chi connectivity index (χ1) is 29.8. The van der Waals surface area contributed by atoms with Crippen LogP contribution in [0.2, 0.25) is 0 Å². The third kappa shape index (κ3) is 10.3. The molecule has 330 valence electrons. The van der Waals surface area contributed by atoms with Gasteiger partial charge in [-0.3, -0.25) is 14.4 Å². The van der Waals surface area contributed by atoms with Crippen LogP contribution in [0.3, 0.4) is 0 Å². The van der Waals surface area contributed by atoms with Crippen LogP contribution in [-0.2, 0) is 42.6 Å². The van der Waals surface area contributed by atoms with Gasteiger partial charge in [0.05, 0.1) is 17.7 Å². The number of ether oxygens (including phenoxy) is 1. The van der Waals surface area contributed by atoms with Crippen LogP contribution in [0.5, 0.6) is 5.75 Å². The standard InChI is InChI=1S/C47H57N5O8S2/c1-4-6-22-48-44(54)31-52-42-30-36(43(53)33-62(58,59)28-5-2)16-20-40(42)46(34-11-8-7-9-12-34)47(52)35-14-18-39(19-15-35)60-32-37-29-38(51-23-10-13-45(51)55)17-21-41(37)49-24-26-50(27-25-49)61(3,56)57/h4-5,14-21,29-30,34H,1-2,6-13,22-28,31-33H2,3H3,(H,48,54). The number of sulfone groups is 1. The van der Waals surface area contributed by atoms with Gasteiger partial charge in [0.1, 0.15) is 24.7 Å². The molecule has 1 saturated carbocycles. The number of ketones is 1. The molecule has 3 aliphatic rings. The summed E-state index contributed by atoms with van der Waals surface area (Å²) in [5, 5.41) is 3.92. The van der Waals surface area contributed by atoms with Gasteiger partial charge in [-0.15, -0.1) is 13.2 Å². The van der Waals surface area contributed by atoms with Crippen molar-refractivity contribution in [3.8, 4) is 17.0 Å². The quantitative estimate of drug-likeness (QED) is 0.0660. The summed E-state index contributed by atoms with van der Waals surface area (Å²) in [6.07, 6.45) is 11.4. The number of sulfonamides is 1. The maximum atomic E-state index is 13.6. The van der Waals surface area contributed by atoms with Crippen molar-refractivity contribution in [3.63, 3.8) is 0 Å². The number of carbonyl (C=O) groups is 3. The molecule has 7 rings (SSSR count). The number of nitrogens with one attached hydrogen (secondary N) is 1. The van der Waals surface area contributed by atoms with E-state index in [2.05, 4.69) is 23.4 Å². The number of anilines is 2. The van der Waals surface area contributed by atoms with Crippen LogP contribution in [0.1, 0.15) is 78.8 Å². The van der Waals surface area contributed by atoms with E-state index in [0.717, 1.165) is 77.7 Å². The van der Waals surface area contributed by atoms with Crippen molar-refractivity contribution in [1.29, 1.82) is 0 Å². The van der Waals surface area contributed by atoms with Crippen LogP contribution in [0, 0.1) is 0 Å². The molecule has 3 aromatic carbocycles. The van der Waals surface area contributed by atoms with Crippen molar-refractivity contribution in [1.82, 2.24) is 14.2 Å². The van der Waals surface area contributed by atoms with Gasteiger partial charge in [-0.05, 0) is 91.3 Å². The molecule has 13 nitrogen and oxygen atoms in total. The molecule has 3 heterocycles. The molecular formula is C47H57N5O8S2. The zero-order chi connectivity index (χ0) is 44.0. The molecule has 3 fully saturated rings. The SMILES string of the molecule is C=CCCNC(=O)Cn1c(-c2ccc(OCc3cc(N4CCCC4=O)ccc3N3CCN(S(C)(=O)=O)CC3)cc2)c(C2CCCCC2)c2ccc(C(=O)CS(=O)(=O)CC=C)cc21. The summed E-state index contributed by atoms with van der Waals surface area (Å²) >= 11 is 0. The van der Waals surface area contributed by atoms with Crippen LogP contribution in [0.25, 0.3) is 22.2 Å². The van der Waals surface area contributed by atoms with Gasteiger partial charge in [0.25, 0.3) is 0 Å². The predicted octanol–water partition coefficient (Wildman–Crippen LogP) is 6.62. The maximum Gasteiger partial charge on any atom is 0.239 e. The average Bonchev–Trinajstić information content (AvgIpc) is 3.83. The number of amides is 2. The second-order valence-electron chi connectivity index (χ2n) is 16.5. The number of aromatic nitrogens is 1. The number of benzene rings is 3. The highest BCUT2D eigenvalue weighted by Gasteiger charge is 2.30. The van der Waals surface area contributed by atoms with Crippen molar-refractivity contribution in [2.24, 2.45) is 0 Å². The Morgan fingerprint density at radius 3 is 2.27 bits per heavy atom. The number of rotatable bonds is 18. The molecule has 62 heavy (non-hydrogen) atoms. The first kappa shape index (κ1) is 44.8. The van der Waals surface area contributed by atoms with Crippen molar-refractivity contribution < 1.29 is 36.0 Å². The van der Waals surface area contributed by atoms with E-state index in [-0.39, 0.29) is 42.2 Å². The number of piperazine rings is 1. The Bertz CT molecular complexity index is 2550. The van der Waals surface area contributed by atoms with E-state index in [1.807, 2.05) is 53.1 Å². The van der Waals surface area contributed by atoms with E-state index < -0.39 is 31.4 Å². The number of carbonyl (C=O) groups excluding carboxylic acids is 3. The predicted molar refractivity (Wildman–Crippen MR) is 245 cm³/mol. The van der Waals surface area contributed by atoms with E-state index >= 15 is 0 Å². The fourth-order valence-corrected chi connectivity index (χ4v) is 10.9. The lowest BCUT2D eigenvalue weighted by atomic mass is 9.81. The monoisotopic (exact) mass is 883 g/mol. The summed E-state index contributed by atoms with van der Waals surface area (Å²) in [6.45, 7) is 10.3. The van der Waals surface area contributed by atoms with E-state index in [1.54, 1.807) is 23.1 Å². The van der Waals surface area contributed by atoms with Crippen LogP contribution < -0.4 is 19.9 Å². The van der Waals surface area contributed by atoms with E-state index in [4.69, 9.17) is 4.74 Å². The van der Waals surface area contributed by atoms with E-state index in [1.165, 1.54) is 16.6 Å². The molecule has 1 aliphatic carbocycles. The summed E-state index contributed by atoms with van der Waals surface area (Å²) in [6, 6.07) is 19.1. The van der Waals surface area contributed by atoms with Crippen LogP contribution in [0.15, 0.2) is 86.0 Å². The zero-order valence-corrected chi connectivity index (χ0v) is 37.2. The second-order valence-corrected chi connectivity index (χ2v) is 20.6. The molecule has 0 unspecified atom stereocenters. The number of hydrogen-bond donors (Lipinski definition) is 1. The number of Topliss-reactive ketones (excluding diaryl/α,β-unsaturated/α-hetero) is 1. The van der Waals surface area contributed by atoms with E-state index in [0.29, 0.717) is 63.4 Å². The maximum absolute atomic E-state index is 13.6. The molecular weight excluding hydrogens is 827 g/mol. The van der Waals surface area contributed by atoms with Crippen molar-refractivity contribution >= 4 is 59.7 Å². The normalized spacial score (nSPS) is 16.8. The molecule has 2 aliphatic heterocycles. The smallest absolute Gasteiger partial charge is 0.239 e. The molecule has 4 aromatic rings. The van der Waals surface area contributed by atoms with Crippen molar-refractivity contribution in [2.75, 3.05) is 66.8 Å². The Balaban J connectivity index is 1.23. The van der Waals surface area contributed by atoms with Gasteiger partial charge in [-0.25, -0.2) is 16.8 Å². The highest BCUT2D eigenvalue weighted by molar-refractivity contribution is 7.92. The number of hydrogen-bond acceptors (Lipinski definition) is 9. The van der Waals surface area contributed by atoms with Gasteiger partial charge in [0.15, 0.2) is 15.6 Å². The molecule has 15 heteroatoms. The molecule has 0 atom stereocenters. The molecule has 1 aromatic heterocycles. The number of nitrogens with zero attached hydrogens (tertiary/aromatic N) is 4. The Morgan fingerprint density at radius 2 is 1.61 bits per heavy atom. The lowest BCUT2D eigenvalue weighted by Gasteiger charge is -2.36. The van der Waals surface area contributed by atoms with Gasteiger partial charge in [0, 0.05) is 79.1 Å². The lowest BCUT2D eigenvalue weighted by Crippen LogP contribution is -2.48. The van der Waals surface area contributed by atoms with Gasteiger partial charge in [0.2, 0.25) is 21.8 Å². The minimum Gasteiger partial charge on any atom is -0.489 e. The Labute approximate surface area is 365 Å². The first-order valence-corrected chi connectivity index (χ1v) is 25.2. The molecule has 0 radical (unpaired) electrons. The summed E-state index contributed by atoms with van der Waals surface area (Å²) in [5.41, 5.74) is 6.41. The highest BCUT2D eigenvalue weighted by Crippen LogP contribution is 2.45. The summed E-state index contributed by atoms with van der Waals surface area (Å²) < 4.78 is 59.7. The molecule has 2 saturated heterocycles. The highest BCUT2D eigenvalue weighted by atomic mass is 32.2. The van der Waals surface area contributed by atoms with Crippen molar-refractivity contribution in [2.45, 2.75) is 70.4 Å². The first-order valence-electron chi connectivity index (χ1n) is 21.5. The third-order valence-electron chi connectivity index (χ3n) is 12.2. The average molecular weight is 884 g/mol. The molecule has 2 amide bonds. The Morgan fingerprint density at radius 1 is 0.871 bits per heavy atom. The summed E-state index contributed by atoms with van der Waals surface area (Å²) in [7, 11) is -6.99. The van der Waals surface area contributed by atoms with Gasteiger partial charge in [-0.1, -0.05) is 43.5 Å². The minimum absolute atomic E-state index is 0.0164. The largest absolute Gasteiger partial charge is 0.489 e.